The zero-order valence-corrected chi connectivity index (χ0v) is 11.9. The highest BCUT2D eigenvalue weighted by atomic mass is 16.5. The van der Waals surface area contributed by atoms with Crippen molar-refractivity contribution >= 4 is 17.3 Å². The predicted octanol–water partition coefficient (Wildman–Crippen LogP) is 3.15. The van der Waals surface area contributed by atoms with E-state index in [1.807, 2.05) is 44.2 Å². The summed E-state index contributed by atoms with van der Waals surface area (Å²) in [7, 11) is 1.57. The minimum atomic E-state index is -0.241. The van der Waals surface area contributed by atoms with Gasteiger partial charge in [-0.2, -0.15) is 0 Å². The molecule has 4 nitrogen and oxygen atoms in total. The zero-order chi connectivity index (χ0) is 14.7. The fraction of sp³-hybridized carbons (Fsp3) is 0.188. The second kappa shape index (κ2) is 5.65. The van der Waals surface area contributed by atoms with E-state index >= 15 is 0 Å². The smallest absolute Gasteiger partial charge is 0.257 e. The van der Waals surface area contributed by atoms with Crippen LogP contribution in [0.3, 0.4) is 0 Å². The number of carbonyl (C=O) groups excluding carboxylic acids is 1. The van der Waals surface area contributed by atoms with Crippen LogP contribution in [0.15, 0.2) is 36.4 Å². The summed E-state index contributed by atoms with van der Waals surface area (Å²) in [6.45, 7) is 3.83. The second-order valence-corrected chi connectivity index (χ2v) is 4.69. The van der Waals surface area contributed by atoms with Gasteiger partial charge in [0.2, 0.25) is 0 Å². The van der Waals surface area contributed by atoms with Gasteiger partial charge in [0.1, 0.15) is 5.75 Å². The van der Waals surface area contributed by atoms with Gasteiger partial charge in [-0.25, -0.2) is 0 Å². The Kier molecular flexibility index (Phi) is 3.94. The maximum Gasteiger partial charge on any atom is 0.257 e. The van der Waals surface area contributed by atoms with E-state index in [1.54, 1.807) is 13.2 Å². The number of amides is 1. The summed E-state index contributed by atoms with van der Waals surface area (Å²) in [6.07, 6.45) is 0. The molecule has 0 bridgehead atoms. The lowest BCUT2D eigenvalue weighted by Gasteiger charge is -2.12. The quantitative estimate of drug-likeness (QED) is 0.842. The van der Waals surface area contributed by atoms with Crippen LogP contribution in [0.2, 0.25) is 0 Å². The number of hydrogen-bond acceptors (Lipinski definition) is 3. The third-order valence-corrected chi connectivity index (χ3v) is 3.17. The standard InChI is InChI=1S/C16H18N2O2/c1-10-7-8-14(20-3)13(9-10)18-16(19)12-6-4-5-11(2)15(12)17/h4-9H,17H2,1-3H3,(H,18,19). The fourth-order valence-corrected chi connectivity index (χ4v) is 1.99. The molecule has 0 radical (unpaired) electrons. The second-order valence-electron chi connectivity index (χ2n) is 4.69. The molecule has 2 rings (SSSR count). The zero-order valence-electron chi connectivity index (χ0n) is 11.9. The number of nitrogens with one attached hydrogen (secondary N) is 1. The highest BCUT2D eigenvalue weighted by Gasteiger charge is 2.13. The van der Waals surface area contributed by atoms with Gasteiger partial charge in [0.25, 0.3) is 5.91 Å². The lowest BCUT2D eigenvalue weighted by atomic mass is 10.1. The maximum absolute atomic E-state index is 12.3. The number of para-hydroxylation sites is 1. The van der Waals surface area contributed by atoms with Crippen molar-refractivity contribution in [3.63, 3.8) is 0 Å². The highest BCUT2D eigenvalue weighted by molar-refractivity contribution is 6.08. The molecule has 0 spiro atoms. The molecule has 3 N–H and O–H groups in total. The molecule has 0 saturated carbocycles. The minimum absolute atomic E-state index is 0.241. The number of benzene rings is 2. The van der Waals surface area contributed by atoms with Gasteiger partial charge >= 0.3 is 0 Å². The van der Waals surface area contributed by atoms with Crippen LogP contribution in [0.25, 0.3) is 0 Å². The molecule has 0 aliphatic rings. The van der Waals surface area contributed by atoms with E-state index < -0.39 is 0 Å². The number of anilines is 2. The Balaban J connectivity index is 2.32. The molecule has 0 heterocycles. The number of aryl methyl sites for hydroxylation is 2. The summed E-state index contributed by atoms with van der Waals surface area (Å²) in [4.78, 5) is 12.3. The molecule has 104 valence electrons. The van der Waals surface area contributed by atoms with Crippen molar-refractivity contribution in [2.24, 2.45) is 0 Å². The van der Waals surface area contributed by atoms with Gasteiger partial charge in [0, 0.05) is 5.69 Å². The van der Waals surface area contributed by atoms with Crippen molar-refractivity contribution in [1.29, 1.82) is 0 Å². The first kappa shape index (κ1) is 13.9. The maximum atomic E-state index is 12.3. The molecule has 2 aromatic rings. The minimum Gasteiger partial charge on any atom is -0.495 e. The Morgan fingerprint density at radius 2 is 1.95 bits per heavy atom. The van der Waals surface area contributed by atoms with Crippen molar-refractivity contribution in [2.75, 3.05) is 18.2 Å². The van der Waals surface area contributed by atoms with Crippen molar-refractivity contribution in [3.8, 4) is 5.75 Å². The molecular weight excluding hydrogens is 252 g/mol. The molecule has 20 heavy (non-hydrogen) atoms. The van der Waals surface area contributed by atoms with E-state index in [1.165, 1.54) is 0 Å². The summed E-state index contributed by atoms with van der Waals surface area (Å²) in [5.74, 6) is 0.380. The summed E-state index contributed by atoms with van der Waals surface area (Å²) in [5.41, 5.74) is 9.47. The molecule has 0 aliphatic heterocycles. The fourth-order valence-electron chi connectivity index (χ4n) is 1.99. The average Bonchev–Trinajstić information content (AvgIpc) is 2.42. The first-order valence-electron chi connectivity index (χ1n) is 6.34. The molecule has 1 amide bonds. The van der Waals surface area contributed by atoms with Gasteiger partial charge in [-0.1, -0.05) is 18.2 Å². The van der Waals surface area contributed by atoms with Crippen LogP contribution in [0.4, 0.5) is 11.4 Å². The van der Waals surface area contributed by atoms with Gasteiger partial charge in [0.05, 0.1) is 18.4 Å². The topological polar surface area (TPSA) is 64.3 Å². The summed E-state index contributed by atoms with van der Waals surface area (Å²) < 4.78 is 5.25. The van der Waals surface area contributed by atoms with E-state index in [9.17, 15) is 4.79 Å². The van der Waals surface area contributed by atoms with Gasteiger partial charge in [0.15, 0.2) is 0 Å². The van der Waals surface area contributed by atoms with Gasteiger partial charge < -0.3 is 15.8 Å². The molecule has 0 aromatic heterocycles. The summed E-state index contributed by atoms with van der Waals surface area (Å²) in [5, 5.41) is 2.84. The largest absolute Gasteiger partial charge is 0.495 e. The van der Waals surface area contributed by atoms with E-state index in [0.29, 0.717) is 22.7 Å². The van der Waals surface area contributed by atoms with Crippen LogP contribution in [-0.4, -0.2) is 13.0 Å². The van der Waals surface area contributed by atoms with E-state index in [2.05, 4.69) is 5.32 Å². The van der Waals surface area contributed by atoms with E-state index in [4.69, 9.17) is 10.5 Å². The van der Waals surface area contributed by atoms with Crippen molar-refractivity contribution in [3.05, 3.63) is 53.1 Å². The summed E-state index contributed by atoms with van der Waals surface area (Å²) in [6, 6.07) is 11.0. The Morgan fingerprint density at radius 1 is 1.20 bits per heavy atom. The third kappa shape index (κ3) is 2.74. The Hall–Kier alpha value is -2.49. The van der Waals surface area contributed by atoms with Gasteiger partial charge in [-0.05, 0) is 43.2 Å². The number of methoxy groups -OCH3 is 1. The van der Waals surface area contributed by atoms with Crippen LogP contribution in [0, 0.1) is 13.8 Å². The lowest BCUT2D eigenvalue weighted by molar-refractivity contribution is 0.102. The van der Waals surface area contributed by atoms with Crippen molar-refractivity contribution in [2.45, 2.75) is 13.8 Å². The Labute approximate surface area is 118 Å². The molecule has 0 fully saturated rings. The molecular formula is C16H18N2O2. The Bertz CT molecular complexity index is 651. The van der Waals surface area contributed by atoms with Gasteiger partial charge in [-0.15, -0.1) is 0 Å². The number of ether oxygens (including phenoxy) is 1. The molecule has 0 aliphatic carbocycles. The van der Waals surface area contributed by atoms with Gasteiger partial charge in [-0.3, -0.25) is 4.79 Å². The number of carbonyl (C=O) groups is 1. The van der Waals surface area contributed by atoms with E-state index in [-0.39, 0.29) is 5.91 Å². The average molecular weight is 270 g/mol. The summed E-state index contributed by atoms with van der Waals surface area (Å²) >= 11 is 0. The number of rotatable bonds is 3. The van der Waals surface area contributed by atoms with Crippen LogP contribution < -0.4 is 15.8 Å². The SMILES string of the molecule is COc1ccc(C)cc1NC(=O)c1cccc(C)c1N. The molecule has 4 heteroatoms. The first-order valence-corrected chi connectivity index (χ1v) is 6.34. The molecule has 0 saturated heterocycles. The normalized spacial score (nSPS) is 10.2. The van der Waals surface area contributed by atoms with E-state index in [0.717, 1.165) is 11.1 Å². The molecule has 0 unspecified atom stereocenters. The molecule has 2 aromatic carbocycles. The predicted molar refractivity (Wildman–Crippen MR) is 81.3 cm³/mol. The number of nitrogens with two attached hydrogens (primary N) is 1. The Morgan fingerprint density at radius 3 is 2.65 bits per heavy atom. The highest BCUT2D eigenvalue weighted by Crippen LogP contribution is 2.26. The number of nitrogen functional groups attached to an aromatic ring is 1. The number of hydrogen-bond donors (Lipinski definition) is 2. The molecule has 0 atom stereocenters. The van der Waals surface area contributed by atoms with Crippen LogP contribution >= 0.6 is 0 Å². The van der Waals surface area contributed by atoms with Crippen LogP contribution in [0.5, 0.6) is 5.75 Å². The van der Waals surface area contributed by atoms with Crippen molar-refractivity contribution < 1.29 is 9.53 Å². The third-order valence-electron chi connectivity index (χ3n) is 3.17. The first-order chi connectivity index (χ1) is 9.52. The van der Waals surface area contributed by atoms with Crippen molar-refractivity contribution in [1.82, 2.24) is 0 Å². The monoisotopic (exact) mass is 270 g/mol. The van der Waals surface area contributed by atoms with Crippen LogP contribution in [0.1, 0.15) is 21.5 Å². The van der Waals surface area contributed by atoms with Crippen LogP contribution in [-0.2, 0) is 0 Å². The lowest BCUT2D eigenvalue weighted by Crippen LogP contribution is -2.15.